The number of rotatable bonds is 6. The quantitative estimate of drug-likeness (QED) is 0.821. The molecule has 0 aliphatic heterocycles. The summed E-state index contributed by atoms with van der Waals surface area (Å²) in [6, 6.07) is 0.763. The highest BCUT2D eigenvalue weighted by molar-refractivity contribution is 4.89. The molecule has 3 heteroatoms. The topological polar surface area (TPSA) is 29.9 Å². The van der Waals surface area contributed by atoms with Crippen molar-refractivity contribution in [3.05, 3.63) is 18.2 Å². The molecule has 1 heterocycles. The van der Waals surface area contributed by atoms with Gasteiger partial charge in [0.15, 0.2) is 0 Å². The van der Waals surface area contributed by atoms with Crippen LogP contribution in [0.1, 0.15) is 44.9 Å². The zero-order valence-corrected chi connectivity index (χ0v) is 11.2. The molecule has 0 radical (unpaired) electrons. The van der Waals surface area contributed by atoms with Crippen LogP contribution in [0.5, 0.6) is 0 Å². The highest BCUT2D eigenvalue weighted by Gasteiger charge is 2.26. The Hall–Kier alpha value is -0.830. The second kappa shape index (κ2) is 6.20. The summed E-state index contributed by atoms with van der Waals surface area (Å²) in [6.07, 6.45) is 10.7. The maximum absolute atomic E-state index is 4.28. The van der Waals surface area contributed by atoms with Gasteiger partial charge >= 0.3 is 0 Å². The molecule has 0 bridgehead atoms. The van der Waals surface area contributed by atoms with Crippen molar-refractivity contribution in [1.82, 2.24) is 14.9 Å². The normalized spacial score (nSPS) is 24.4. The molecule has 1 aromatic heterocycles. The molecule has 17 heavy (non-hydrogen) atoms. The van der Waals surface area contributed by atoms with E-state index in [-0.39, 0.29) is 0 Å². The van der Waals surface area contributed by atoms with Crippen molar-refractivity contribution in [3.63, 3.8) is 0 Å². The van der Waals surface area contributed by atoms with Gasteiger partial charge in [-0.15, -0.1) is 0 Å². The van der Waals surface area contributed by atoms with E-state index < -0.39 is 0 Å². The molecule has 1 fully saturated rings. The zero-order chi connectivity index (χ0) is 12.1. The molecule has 0 aromatic carbocycles. The van der Waals surface area contributed by atoms with Crippen LogP contribution in [0.3, 0.4) is 0 Å². The lowest BCUT2D eigenvalue weighted by molar-refractivity contribution is 0.360. The van der Waals surface area contributed by atoms with Gasteiger partial charge in [-0.2, -0.15) is 0 Å². The fourth-order valence-electron chi connectivity index (χ4n) is 2.93. The van der Waals surface area contributed by atoms with E-state index in [0.29, 0.717) is 0 Å². The third-order valence-electron chi connectivity index (χ3n) is 3.98. The monoisotopic (exact) mass is 235 g/mol. The van der Waals surface area contributed by atoms with Gasteiger partial charge in [-0.1, -0.05) is 13.3 Å². The Morgan fingerprint density at radius 2 is 2.35 bits per heavy atom. The largest absolute Gasteiger partial charge is 0.335 e. The van der Waals surface area contributed by atoms with E-state index in [9.17, 15) is 0 Å². The molecule has 0 amide bonds. The number of hydrogen-bond donors (Lipinski definition) is 1. The molecule has 1 N–H and O–H groups in total. The Bertz CT molecular complexity index is 332. The van der Waals surface area contributed by atoms with Crippen molar-refractivity contribution in [2.45, 2.75) is 58.5 Å². The van der Waals surface area contributed by atoms with Gasteiger partial charge in [0.2, 0.25) is 0 Å². The summed E-state index contributed by atoms with van der Waals surface area (Å²) in [5.74, 6) is 2.00. The summed E-state index contributed by atoms with van der Waals surface area (Å²) in [4.78, 5) is 4.28. The Balaban J connectivity index is 1.80. The van der Waals surface area contributed by atoms with Crippen LogP contribution in [-0.4, -0.2) is 22.1 Å². The van der Waals surface area contributed by atoms with E-state index in [2.05, 4.69) is 34.9 Å². The Morgan fingerprint density at radius 1 is 1.47 bits per heavy atom. The van der Waals surface area contributed by atoms with E-state index in [1.54, 1.807) is 0 Å². The van der Waals surface area contributed by atoms with Crippen LogP contribution >= 0.6 is 0 Å². The van der Waals surface area contributed by atoms with Gasteiger partial charge in [-0.05, 0) is 45.1 Å². The summed E-state index contributed by atoms with van der Waals surface area (Å²) in [7, 11) is 0. The van der Waals surface area contributed by atoms with Crippen molar-refractivity contribution in [1.29, 1.82) is 0 Å². The average molecular weight is 235 g/mol. The molecule has 2 rings (SSSR count). The van der Waals surface area contributed by atoms with E-state index in [1.165, 1.54) is 38.6 Å². The van der Waals surface area contributed by atoms with E-state index in [0.717, 1.165) is 24.3 Å². The summed E-state index contributed by atoms with van der Waals surface area (Å²) in [6.45, 7) is 6.62. The standard InChI is InChI=1S/C14H25N3/c1-3-8-16-14-6-4-5-13(14)7-10-17-11-9-15-12(17)2/h9,11,13-14,16H,3-8,10H2,1-2H3. The highest BCUT2D eigenvalue weighted by atomic mass is 15.0. The van der Waals surface area contributed by atoms with E-state index >= 15 is 0 Å². The molecule has 96 valence electrons. The maximum Gasteiger partial charge on any atom is 0.105 e. The van der Waals surface area contributed by atoms with Crippen molar-refractivity contribution in [2.24, 2.45) is 5.92 Å². The molecule has 2 unspecified atom stereocenters. The predicted octanol–water partition coefficient (Wildman–Crippen LogP) is 2.75. The van der Waals surface area contributed by atoms with Gasteiger partial charge < -0.3 is 9.88 Å². The first-order chi connectivity index (χ1) is 8.31. The van der Waals surface area contributed by atoms with Gasteiger partial charge in [0.05, 0.1) is 0 Å². The van der Waals surface area contributed by atoms with Crippen molar-refractivity contribution in [2.75, 3.05) is 6.54 Å². The van der Waals surface area contributed by atoms with Crippen LogP contribution in [0.4, 0.5) is 0 Å². The molecule has 0 spiro atoms. The fraction of sp³-hybridized carbons (Fsp3) is 0.786. The lowest BCUT2D eigenvalue weighted by Gasteiger charge is -2.21. The van der Waals surface area contributed by atoms with Gasteiger partial charge in [0.25, 0.3) is 0 Å². The number of hydrogen-bond acceptors (Lipinski definition) is 2. The maximum atomic E-state index is 4.28. The van der Waals surface area contributed by atoms with Crippen molar-refractivity contribution in [3.8, 4) is 0 Å². The molecule has 2 atom stereocenters. The van der Waals surface area contributed by atoms with Gasteiger partial charge in [0, 0.05) is 25.0 Å². The molecule has 1 saturated carbocycles. The van der Waals surface area contributed by atoms with Gasteiger partial charge in [-0.25, -0.2) is 4.98 Å². The second-order valence-electron chi connectivity index (χ2n) is 5.21. The van der Waals surface area contributed by atoms with Crippen LogP contribution < -0.4 is 5.32 Å². The summed E-state index contributed by atoms with van der Waals surface area (Å²) in [5, 5.41) is 3.70. The minimum Gasteiger partial charge on any atom is -0.335 e. The van der Waals surface area contributed by atoms with Crippen LogP contribution in [0.25, 0.3) is 0 Å². The number of nitrogens with one attached hydrogen (secondary N) is 1. The molecule has 1 aliphatic carbocycles. The van der Waals surface area contributed by atoms with Gasteiger partial charge in [-0.3, -0.25) is 0 Å². The lowest BCUT2D eigenvalue weighted by Crippen LogP contribution is -2.33. The lowest BCUT2D eigenvalue weighted by atomic mass is 9.99. The van der Waals surface area contributed by atoms with Crippen molar-refractivity contribution >= 4 is 0 Å². The van der Waals surface area contributed by atoms with Crippen LogP contribution in [0.15, 0.2) is 12.4 Å². The third kappa shape index (κ3) is 3.32. The minimum absolute atomic E-state index is 0.763. The second-order valence-corrected chi connectivity index (χ2v) is 5.21. The molecule has 3 nitrogen and oxygen atoms in total. The first-order valence-corrected chi connectivity index (χ1v) is 7.02. The third-order valence-corrected chi connectivity index (χ3v) is 3.98. The summed E-state index contributed by atoms with van der Waals surface area (Å²) < 4.78 is 2.27. The molecule has 1 aliphatic rings. The van der Waals surface area contributed by atoms with Crippen LogP contribution in [-0.2, 0) is 6.54 Å². The van der Waals surface area contributed by atoms with E-state index in [1.807, 2.05) is 6.20 Å². The van der Waals surface area contributed by atoms with Crippen LogP contribution in [0, 0.1) is 12.8 Å². The smallest absolute Gasteiger partial charge is 0.105 e. The highest BCUT2D eigenvalue weighted by Crippen LogP contribution is 2.28. The van der Waals surface area contributed by atoms with E-state index in [4.69, 9.17) is 0 Å². The first kappa shape index (κ1) is 12.6. The number of aromatic nitrogens is 2. The first-order valence-electron chi connectivity index (χ1n) is 7.02. The Labute approximate surface area is 105 Å². The molecule has 0 saturated heterocycles. The predicted molar refractivity (Wildman–Crippen MR) is 71.0 cm³/mol. The minimum atomic E-state index is 0.763. The van der Waals surface area contributed by atoms with Crippen LogP contribution in [0.2, 0.25) is 0 Å². The van der Waals surface area contributed by atoms with Crippen molar-refractivity contribution < 1.29 is 0 Å². The molecule has 1 aromatic rings. The molecular weight excluding hydrogens is 210 g/mol. The number of aryl methyl sites for hydroxylation is 2. The Kier molecular flexibility index (Phi) is 4.60. The summed E-state index contributed by atoms with van der Waals surface area (Å²) >= 11 is 0. The number of imidazole rings is 1. The summed E-state index contributed by atoms with van der Waals surface area (Å²) in [5.41, 5.74) is 0. The Morgan fingerprint density at radius 3 is 3.06 bits per heavy atom. The fourth-order valence-corrected chi connectivity index (χ4v) is 2.93. The SMILES string of the molecule is CCCNC1CCCC1CCn1ccnc1C. The zero-order valence-electron chi connectivity index (χ0n) is 11.2. The molecular formula is C14H25N3. The van der Waals surface area contributed by atoms with Gasteiger partial charge in [0.1, 0.15) is 5.82 Å². The number of nitrogens with zero attached hydrogens (tertiary/aromatic N) is 2. The average Bonchev–Trinajstić information content (AvgIpc) is 2.93.